The molecule has 1 aromatic rings. The third-order valence-electron chi connectivity index (χ3n) is 1.63. The van der Waals surface area contributed by atoms with Crippen molar-refractivity contribution in [3.8, 4) is 0 Å². The van der Waals surface area contributed by atoms with E-state index < -0.39 is 0 Å². The van der Waals surface area contributed by atoms with Gasteiger partial charge in [-0.1, -0.05) is 0 Å². The molecule has 3 heteroatoms. The summed E-state index contributed by atoms with van der Waals surface area (Å²) >= 11 is 0. The van der Waals surface area contributed by atoms with E-state index >= 15 is 0 Å². The molecule has 0 amide bonds. The largest absolute Gasteiger partial charge is 0.328 e. The lowest BCUT2D eigenvalue weighted by atomic mass is 10.3. The molecule has 0 aliphatic rings. The summed E-state index contributed by atoms with van der Waals surface area (Å²) in [6, 6.07) is 2.29. The molecule has 1 rings (SSSR count). The van der Waals surface area contributed by atoms with E-state index in [1.165, 1.54) is 0 Å². The third kappa shape index (κ3) is 1.19. The lowest BCUT2D eigenvalue weighted by molar-refractivity contribution is 0.489. The van der Waals surface area contributed by atoms with Crippen molar-refractivity contribution in [1.82, 2.24) is 9.78 Å². The Morgan fingerprint density at radius 1 is 1.80 bits per heavy atom. The highest BCUT2D eigenvalue weighted by molar-refractivity contribution is 4.97. The van der Waals surface area contributed by atoms with Crippen LogP contribution in [-0.4, -0.2) is 16.3 Å². The Labute approximate surface area is 60.8 Å². The van der Waals surface area contributed by atoms with Gasteiger partial charge >= 0.3 is 0 Å². The average molecular weight is 139 g/mol. The molecule has 0 unspecified atom stereocenters. The van der Waals surface area contributed by atoms with E-state index in [0.717, 1.165) is 5.69 Å². The smallest absolute Gasteiger partial charge is 0.0616 e. The average Bonchev–Trinajstić information content (AvgIpc) is 2.34. The highest BCUT2D eigenvalue weighted by Crippen LogP contribution is 2.04. The van der Waals surface area contributed by atoms with Crippen LogP contribution in [0.2, 0.25) is 0 Å². The van der Waals surface area contributed by atoms with E-state index in [1.54, 1.807) is 6.20 Å². The van der Waals surface area contributed by atoms with Crippen LogP contribution >= 0.6 is 0 Å². The maximum Gasteiger partial charge on any atom is 0.0616 e. The molecule has 0 radical (unpaired) electrons. The molecule has 0 aromatic carbocycles. The number of nitrogens with two attached hydrogens (primary N) is 1. The van der Waals surface area contributed by atoms with E-state index in [-0.39, 0.29) is 0 Å². The van der Waals surface area contributed by atoms with E-state index in [9.17, 15) is 0 Å². The van der Waals surface area contributed by atoms with Crippen LogP contribution in [0.5, 0.6) is 0 Å². The van der Waals surface area contributed by atoms with Crippen LogP contribution in [0.3, 0.4) is 0 Å². The Hall–Kier alpha value is -0.830. The standard InChI is InChI=1S/C7H13N3/c1-6-3-4-9-10(6)7(2)5-8/h3-4,7H,5,8H2,1-2H3/t7-/m0/s1. The first-order chi connectivity index (χ1) is 4.75. The predicted octanol–water partition coefficient (Wildman–Crippen LogP) is 0.711. The highest BCUT2D eigenvalue weighted by atomic mass is 15.3. The minimum absolute atomic E-state index is 0.315. The van der Waals surface area contributed by atoms with Crippen LogP contribution in [0, 0.1) is 6.92 Å². The van der Waals surface area contributed by atoms with Gasteiger partial charge in [-0.05, 0) is 19.9 Å². The van der Waals surface area contributed by atoms with Crippen LogP contribution in [0.1, 0.15) is 18.7 Å². The summed E-state index contributed by atoms with van der Waals surface area (Å²) in [5, 5.41) is 4.12. The van der Waals surface area contributed by atoms with Crippen LogP contribution in [-0.2, 0) is 0 Å². The lowest BCUT2D eigenvalue weighted by Crippen LogP contribution is -2.17. The Morgan fingerprint density at radius 3 is 2.90 bits per heavy atom. The SMILES string of the molecule is Cc1ccnn1[C@@H](C)CN. The second-order valence-electron chi connectivity index (χ2n) is 2.50. The van der Waals surface area contributed by atoms with Crippen LogP contribution in [0.25, 0.3) is 0 Å². The Bertz CT molecular complexity index is 204. The Kier molecular flexibility index (Phi) is 2.06. The molecule has 3 nitrogen and oxygen atoms in total. The number of aromatic nitrogens is 2. The maximum atomic E-state index is 5.47. The first-order valence-corrected chi connectivity index (χ1v) is 3.46. The molecule has 0 fully saturated rings. The second kappa shape index (κ2) is 2.84. The van der Waals surface area contributed by atoms with Crippen molar-refractivity contribution in [3.05, 3.63) is 18.0 Å². The Balaban J connectivity index is 2.82. The molecule has 0 bridgehead atoms. The number of hydrogen-bond acceptors (Lipinski definition) is 2. The van der Waals surface area contributed by atoms with Gasteiger partial charge in [0.15, 0.2) is 0 Å². The van der Waals surface area contributed by atoms with Gasteiger partial charge in [0.25, 0.3) is 0 Å². The minimum Gasteiger partial charge on any atom is -0.328 e. The van der Waals surface area contributed by atoms with Crippen molar-refractivity contribution < 1.29 is 0 Å². The second-order valence-corrected chi connectivity index (χ2v) is 2.50. The van der Waals surface area contributed by atoms with Gasteiger partial charge in [-0.25, -0.2) is 0 Å². The van der Waals surface area contributed by atoms with E-state index in [4.69, 9.17) is 5.73 Å². The van der Waals surface area contributed by atoms with Gasteiger partial charge in [0.2, 0.25) is 0 Å². The van der Waals surface area contributed by atoms with Crippen molar-refractivity contribution in [3.63, 3.8) is 0 Å². The van der Waals surface area contributed by atoms with E-state index in [2.05, 4.69) is 12.0 Å². The van der Waals surface area contributed by atoms with Gasteiger partial charge in [-0.3, -0.25) is 4.68 Å². The van der Waals surface area contributed by atoms with Gasteiger partial charge < -0.3 is 5.73 Å². The van der Waals surface area contributed by atoms with Gasteiger partial charge in [0.1, 0.15) is 0 Å². The predicted molar refractivity (Wildman–Crippen MR) is 40.7 cm³/mol. The van der Waals surface area contributed by atoms with Gasteiger partial charge in [-0.2, -0.15) is 5.10 Å². The topological polar surface area (TPSA) is 43.8 Å². The summed E-state index contributed by atoms with van der Waals surface area (Å²) in [5.74, 6) is 0. The molecule has 0 aliphatic carbocycles. The molecule has 10 heavy (non-hydrogen) atoms. The zero-order valence-electron chi connectivity index (χ0n) is 6.41. The fourth-order valence-corrected chi connectivity index (χ4v) is 0.942. The van der Waals surface area contributed by atoms with Gasteiger partial charge in [0, 0.05) is 18.4 Å². The van der Waals surface area contributed by atoms with Crippen molar-refractivity contribution >= 4 is 0 Å². The number of hydrogen-bond donors (Lipinski definition) is 1. The highest BCUT2D eigenvalue weighted by Gasteiger charge is 2.03. The van der Waals surface area contributed by atoms with Crippen molar-refractivity contribution in [2.24, 2.45) is 5.73 Å². The zero-order valence-corrected chi connectivity index (χ0v) is 6.41. The van der Waals surface area contributed by atoms with Crippen LogP contribution in [0.4, 0.5) is 0 Å². The first kappa shape index (κ1) is 7.28. The molecule has 2 N–H and O–H groups in total. The quantitative estimate of drug-likeness (QED) is 0.655. The van der Waals surface area contributed by atoms with Crippen molar-refractivity contribution in [2.75, 3.05) is 6.54 Å². The number of aryl methyl sites for hydroxylation is 1. The molecule has 56 valence electrons. The zero-order chi connectivity index (χ0) is 7.56. The molecule has 1 atom stereocenters. The number of rotatable bonds is 2. The summed E-state index contributed by atoms with van der Waals surface area (Å²) in [5.41, 5.74) is 6.64. The maximum absolute atomic E-state index is 5.47. The number of nitrogens with zero attached hydrogens (tertiary/aromatic N) is 2. The van der Waals surface area contributed by atoms with Gasteiger partial charge in [-0.15, -0.1) is 0 Å². The Morgan fingerprint density at radius 2 is 2.50 bits per heavy atom. The van der Waals surface area contributed by atoms with Crippen LogP contribution in [0.15, 0.2) is 12.3 Å². The molecule has 0 spiro atoms. The lowest BCUT2D eigenvalue weighted by Gasteiger charge is -2.10. The fourth-order valence-electron chi connectivity index (χ4n) is 0.942. The summed E-state index contributed by atoms with van der Waals surface area (Å²) in [4.78, 5) is 0. The summed E-state index contributed by atoms with van der Waals surface area (Å²) < 4.78 is 1.93. The molecule has 1 heterocycles. The summed E-state index contributed by atoms with van der Waals surface area (Å²) in [6.07, 6.45) is 1.79. The molecular weight excluding hydrogens is 126 g/mol. The van der Waals surface area contributed by atoms with Crippen LogP contribution < -0.4 is 5.73 Å². The molecule has 0 saturated heterocycles. The molecular formula is C7H13N3. The monoisotopic (exact) mass is 139 g/mol. The minimum atomic E-state index is 0.315. The first-order valence-electron chi connectivity index (χ1n) is 3.46. The van der Waals surface area contributed by atoms with Gasteiger partial charge in [0.05, 0.1) is 6.04 Å². The molecule has 0 aliphatic heterocycles. The van der Waals surface area contributed by atoms with E-state index in [1.807, 2.05) is 17.7 Å². The normalized spacial score (nSPS) is 13.5. The molecule has 1 aromatic heterocycles. The molecule has 0 saturated carbocycles. The van der Waals surface area contributed by atoms with E-state index in [0.29, 0.717) is 12.6 Å². The summed E-state index contributed by atoms with van der Waals surface area (Å²) in [7, 11) is 0. The summed E-state index contributed by atoms with van der Waals surface area (Å²) in [6.45, 7) is 4.72. The fraction of sp³-hybridized carbons (Fsp3) is 0.571. The van der Waals surface area contributed by atoms with Crippen molar-refractivity contribution in [2.45, 2.75) is 19.9 Å². The van der Waals surface area contributed by atoms with Crippen molar-refractivity contribution in [1.29, 1.82) is 0 Å². The third-order valence-corrected chi connectivity index (χ3v) is 1.63.